The lowest BCUT2D eigenvalue weighted by molar-refractivity contribution is 0.434. The minimum Gasteiger partial charge on any atom is -0.457 e. The molecule has 132 valence electrons. The van der Waals surface area contributed by atoms with Crippen molar-refractivity contribution in [3.8, 4) is 11.5 Å². The van der Waals surface area contributed by atoms with Gasteiger partial charge in [-0.25, -0.2) is 0 Å². The molecule has 5 rings (SSSR count). The number of fused-ring (bicyclic) bond motifs is 6. The zero-order valence-electron chi connectivity index (χ0n) is 15.5. The van der Waals surface area contributed by atoms with E-state index in [1.807, 2.05) is 19.1 Å². The Morgan fingerprint density at radius 2 is 1.33 bits per heavy atom. The van der Waals surface area contributed by atoms with Crippen molar-refractivity contribution in [3.05, 3.63) is 112 Å². The van der Waals surface area contributed by atoms with Crippen LogP contribution in [0.2, 0.25) is 0 Å². The minimum absolute atomic E-state index is 0.358. The molecule has 0 radical (unpaired) electrons. The van der Waals surface area contributed by atoms with Crippen LogP contribution < -0.4 is 10.5 Å². The standard InChI is InChI=1S/C25H21NO/c1-16(26)15-19-17(2)25(20-10-4-3-9-18(19)20)21-11-5-7-13-23(21)27-24-14-8-6-12-22(24)25/h3-15H,26H2,1-2H3/b16-15+. The fourth-order valence-corrected chi connectivity index (χ4v) is 4.75. The molecule has 0 bridgehead atoms. The van der Waals surface area contributed by atoms with E-state index in [0.717, 1.165) is 17.2 Å². The summed E-state index contributed by atoms with van der Waals surface area (Å²) >= 11 is 0. The first-order valence-electron chi connectivity index (χ1n) is 9.26. The summed E-state index contributed by atoms with van der Waals surface area (Å²) in [6.45, 7) is 4.17. The topological polar surface area (TPSA) is 35.2 Å². The van der Waals surface area contributed by atoms with Crippen LogP contribution in [0.15, 0.2) is 90.1 Å². The summed E-state index contributed by atoms with van der Waals surface area (Å²) in [6, 6.07) is 25.4. The molecule has 0 unspecified atom stereocenters. The Balaban J connectivity index is 1.98. The van der Waals surface area contributed by atoms with Crippen molar-refractivity contribution >= 4 is 5.57 Å². The van der Waals surface area contributed by atoms with E-state index >= 15 is 0 Å². The fraction of sp³-hybridized carbons (Fsp3) is 0.120. The van der Waals surface area contributed by atoms with Crippen molar-refractivity contribution in [1.82, 2.24) is 0 Å². The zero-order chi connectivity index (χ0) is 18.6. The molecular weight excluding hydrogens is 330 g/mol. The predicted molar refractivity (Wildman–Crippen MR) is 110 cm³/mol. The second kappa shape index (κ2) is 5.62. The van der Waals surface area contributed by atoms with E-state index in [4.69, 9.17) is 10.5 Å². The second-order valence-corrected chi connectivity index (χ2v) is 7.32. The number of benzene rings is 3. The first-order chi connectivity index (χ1) is 13.1. The molecule has 0 saturated carbocycles. The Labute approximate surface area is 159 Å². The van der Waals surface area contributed by atoms with E-state index in [-0.39, 0.29) is 5.41 Å². The van der Waals surface area contributed by atoms with Gasteiger partial charge in [0.25, 0.3) is 0 Å². The van der Waals surface area contributed by atoms with Gasteiger partial charge >= 0.3 is 0 Å². The lowest BCUT2D eigenvalue weighted by atomic mass is 9.66. The van der Waals surface area contributed by atoms with Crippen molar-refractivity contribution in [2.24, 2.45) is 5.73 Å². The van der Waals surface area contributed by atoms with Crippen molar-refractivity contribution in [2.75, 3.05) is 0 Å². The summed E-state index contributed by atoms with van der Waals surface area (Å²) in [5.74, 6) is 1.83. The normalized spacial score (nSPS) is 16.6. The first-order valence-corrected chi connectivity index (χ1v) is 9.26. The number of nitrogens with two attached hydrogens (primary N) is 1. The molecule has 27 heavy (non-hydrogen) atoms. The molecule has 2 nitrogen and oxygen atoms in total. The number of hydrogen-bond acceptors (Lipinski definition) is 2. The van der Waals surface area contributed by atoms with Gasteiger partial charge in [-0.05, 0) is 54.3 Å². The van der Waals surface area contributed by atoms with Gasteiger partial charge in [0.15, 0.2) is 0 Å². The van der Waals surface area contributed by atoms with Crippen LogP contribution in [0.25, 0.3) is 5.57 Å². The molecule has 0 aromatic heterocycles. The first kappa shape index (κ1) is 16.0. The molecule has 3 aromatic rings. The molecule has 0 saturated heterocycles. The summed E-state index contributed by atoms with van der Waals surface area (Å²) in [5, 5.41) is 0. The molecule has 3 aromatic carbocycles. The molecule has 1 aliphatic heterocycles. The second-order valence-electron chi connectivity index (χ2n) is 7.32. The van der Waals surface area contributed by atoms with E-state index in [1.54, 1.807) is 0 Å². The SMILES string of the molecule is CC1=C(/C=C(\C)N)c2ccccc2C12c1ccccc1Oc1ccccc12. The number of hydrogen-bond donors (Lipinski definition) is 1. The van der Waals surface area contributed by atoms with Gasteiger partial charge in [0, 0.05) is 16.8 Å². The average Bonchev–Trinajstić information content (AvgIpc) is 2.92. The smallest absolute Gasteiger partial charge is 0.132 e. The van der Waals surface area contributed by atoms with E-state index in [2.05, 4.69) is 73.7 Å². The molecule has 0 fully saturated rings. The molecule has 0 amide bonds. The Hall–Kier alpha value is -3.26. The zero-order valence-corrected chi connectivity index (χ0v) is 15.5. The van der Waals surface area contributed by atoms with Gasteiger partial charge < -0.3 is 10.5 Å². The third kappa shape index (κ3) is 2.01. The minimum atomic E-state index is -0.358. The van der Waals surface area contributed by atoms with Crippen LogP contribution in [0.3, 0.4) is 0 Å². The highest BCUT2D eigenvalue weighted by Crippen LogP contribution is 2.60. The van der Waals surface area contributed by atoms with Gasteiger partial charge in [0.2, 0.25) is 0 Å². The maximum absolute atomic E-state index is 6.28. The molecule has 1 spiro atoms. The largest absolute Gasteiger partial charge is 0.457 e. The Bertz CT molecular complexity index is 1090. The van der Waals surface area contributed by atoms with Crippen LogP contribution in [0.4, 0.5) is 0 Å². The maximum atomic E-state index is 6.28. The molecular formula is C25H21NO. The van der Waals surface area contributed by atoms with Crippen molar-refractivity contribution in [2.45, 2.75) is 19.3 Å². The van der Waals surface area contributed by atoms with Crippen LogP contribution in [0, 0.1) is 0 Å². The summed E-state index contributed by atoms with van der Waals surface area (Å²) < 4.78 is 6.28. The van der Waals surface area contributed by atoms with Gasteiger partial charge in [-0.15, -0.1) is 0 Å². The third-order valence-corrected chi connectivity index (χ3v) is 5.76. The lowest BCUT2D eigenvalue weighted by Crippen LogP contribution is -2.32. The van der Waals surface area contributed by atoms with Crippen LogP contribution in [-0.4, -0.2) is 0 Å². The Kier molecular flexibility index (Phi) is 3.32. The molecule has 2 aliphatic rings. The van der Waals surface area contributed by atoms with E-state index in [0.29, 0.717) is 0 Å². The van der Waals surface area contributed by atoms with Crippen LogP contribution >= 0.6 is 0 Å². The summed E-state index contributed by atoms with van der Waals surface area (Å²) in [5.41, 5.74) is 14.0. The van der Waals surface area contributed by atoms with E-state index in [1.165, 1.54) is 33.4 Å². The summed E-state index contributed by atoms with van der Waals surface area (Å²) in [4.78, 5) is 0. The molecule has 0 atom stereocenters. The maximum Gasteiger partial charge on any atom is 0.132 e. The molecule has 1 aliphatic carbocycles. The molecule has 2 N–H and O–H groups in total. The highest BCUT2D eigenvalue weighted by molar-refractivity contribution is 5.91. The van der Waals surface area contributed by atoms with E-state index in [9.17, 15) is 0 Å². The Morgan fingerprint density at radius 3 is 1.93 bits per heavy atom. The van der Waals surface area contributed by atoms with Crippen molar-refractivity contribution in [3.63, 3.8) is 0 Å². The summed E-state index contributed by atoms with van der Waals surface area (Å²) in [7, 11) is 0. The number of allylic oxidation sites excluding steroid dienone is 4. The number of para-hydroxylation sites is 2. The lowest BCUT2D eigenvalue weighted by Gasteiger charge is -2.39. The van der Waals surface area contributed by atoms with Gasteiger partial charge in [-0.2, -0.15) is 0 Å². The van der Waals surface area contributed by atoms with Gasteiger partial charge in [0.05, 0.1) is 5.41 Å². The van der Waals surface area contributed by atoms with Crippen LogP contribution in [-0.2, 0) is 5.41 Å². The van der Waals surface area contributed by atoms with Crippen LogP contribution in [0.1, 0.15) is 36.1 Å². The molecule has 1 heterocycles. The van der Waals surface area contributed by atoms with Crippen molar-refractivity contribution in [1.29, 1.82) is 0 Å². The van der Waals surface area contributed by atoms with Gasteiger partial charge in [-0.1, -0.05) is 60.7 Å². The van der Waals surface area contributed by atoms with Crippen LogP contribution in [0.5, 0.6) is 11.5 Å². The fourth-order valence-electron chi connectivity index (χ4n) is 4.75. The number of rotatable bonds is 1. The van der Waals surface area contributed by atoms with Gasteiger partial charge in [-0.3, -0.25) is 0 Å². The summed E-state index contributed by atoms with van der Waals surface area (Å²) in [6.07, 6.45) is 2.10. The van der Waals surface area contributed by atoms with Gasteiger partial charge in [0.1, 0.15) is 11.5 Å². The number of ether oxygens (including phenoxy) is 1. The highest BCUT2D eigenvalue weighted by atomic mass is 16.5. The average molecular weight is 351 g/mol. The Morgan fingerprint density at radius 1 is 0.815 bits per heavy atom. The monoisotopic (exact) mass is 351 g/mol. The quantitative estimate of drug-likeness (QED) is 0.603. The highest BCUT2D eigenvalue weighted by Gasteiger charge is 2.50. The predicted octanol–water partition coefficient (Wildman–Crippen LogP) is 5.78. The van der Waals surface area contributed by atoms with Crippen molar-refractivity contribution < 1.29 is 4.74 Å². The third-order valence-electron chi connectivity index (χ3n) is 5.76. The van der Waals surface area contributed by atoms with E-state index < -0.39 is 0 Å². The molecule has 2 heteroatoms.